The third-order valence-corrected chi connectivity index (χ3v) is 5.35. The number of hydrogen-bond donors (Lipinski definition) is 1. The summed E-state index contributed by atoms with van der Waals surface area (Å²) in [7, 11) is 2.12. The van der Waals surface area contributed by atoms with E-state index in [0.29, 0.717) is 18.0 Å². The molecule has 5 nitrogen and oxygen atoms in total. The molecule has 3 aliphatic rings. The number of carbonyl (C=O) groups excluding carboxylic acids is 1. The molecule has 120 valence electrons. The Balaban J connectivity index is 1.41. The van der Waals surface area contributed by atoms with Crippen molar-refractivity contribution in [3.05, 3.63) is 0 Å². The lowest BCUT2D eigenvalue weighted by Crippen LogP contribution is -2.48. The van der Waals surface area contributed by atoms with E-state index in [4.69, 9.17) is 4.74 Å². The summed E-state index contributed by atoms with van der Waals surface area (Å²) in [6.45, 7) is 6.07. The zero-order valence-electron chi connectivity index (χ0n) is 13.2. The molecule has 0 radical (unpaired) electrons. The van der Waals surface area contributed by atoms with E-state index in [0.717, 1.165) is 71.5 Å². The highest BCUT2D eigenvalue weighted by Gasteiger charge is 2.31. The minimum absolute atomic E-state index is 0.229. The molecule has 0 aromatic rings. The van der Waals surface area contributed by atoms with Crippen molar-refractivity contribution in [2.24, 2.45) is 5.92 Å². The number of ether oxygens (including phenoxy) is 1. The van der Waals surface area contributed by atoms with Crippen LogP contribution in [0.25, 0.3) is 0 Å². The Morgan fingerprint density at radius 3 is 2.38 bits per heavy atom. The highest BCUT2D eigenvalue weighted by atomic mass is 16.5. The molecule has 5 heteroatoms. The van der Waals surface area contributed by atoms with Gasteiger partial charge < -0.3 is 19.9 Å². The van der Waals surface area contributed by atoms with Crippen LogP contribution in [0.1, 0.15) is 32.1 Å². The third-order valence-electron chi connectivity index (χ3n) is 5.35. The Morgan fingerprint density at radius 1 is 1.05 bits per heavy atom. The van der Waals surface area contributed by atoms with Gasteiger partial charge in [-0.3, -0.25) is 4.79 Å². The van der Waals surface area contributed by atoms with Crippen molar-refractivity contribution < 1.29 is 9.53 Å². The van der Waals surface area contributed by atoms with Crippen molar-refractivity contribution in [3.63, 3.8) is 0 Å². The quantitative estimate of drug-likeness (QED) is 0.832. The lowest BCUT2D eigenvalue weighted by molar-refractivity contribution is -0.127. The fourth-order valence-electron chi connectivity index (χ4n) is 3.95. The Morgan fingerprint density at radius 2 is 1.76 bits per heavy atom. The molecule has 1 amide bonds. The van der Waals surface area contributed by atoms with Gasteiger partial charge in [-0.1, -0.05) is 0 Å². The summed E-state index contributed by atoms with van der Waals surface area (Å²) in [4.78, 5) is 17.2. The maximum atomic E-state index is 12.4. The summed E-state index contributed by atoms with van der Waals surface area (Å²) in [5.74, 6) is 0.522. The molecule has 1 N–H and O–H groups in total. The van der Waals surface area contributed by atoms with E-state index in [-0.39, 0.29) is 5.92 Å². The lowest BCUT2D eigenvalue weighted by Gasteiger charge is -2.39. The number of carbonyl (C=O) groups is 1. The number of piperidine rings is 1. The SMILES string of the molecule is CN1CCC(NC(=O)C2CCN(C3CCOCC3)CC2)C1. The summed E-state index contributed by atoms with van der Waals surface area (Å²) in [6.07, 6.45) is 5.46. The number of nitrogens with zero attached hydrogens (tertiary/aromatic N) is 2. The molecule has 0 spiro atoms. The summed E-state index contributed by atoms with van der Waals surface area (Å²) in [5.41, 5.74) is 0. The van der Waals surface area contributed by atoms with E-state index < -0.39 is 0 Å². The maximum Gasteiger partial charge on any atom is 0.223 e. The first-order valence-corrected chi connectivity index (χ1v) is 8.53. The average Bonchev–Trinajstić information content (AvgIpc) is 2.93. The molecule has 3 rings (SSSR count). The van der Waals surface area contributed by atoms with E-state index in [1.807, 2.05) is 0 Å². The van der Waals surface area contributed by atoms with Gasteiger partial charge in [-0.25, -0.2) is 0 Å². The van der Waals surface area contributed by atoms with Gasteiger partial charge in [-0.2, -0.15) is 0 Å². The number of nitrogens with one attached hydrogen (secondary N) is 1. The largest absolute Gasteiger partial charge is 0.381 e. The molecule has 1 unspecified atom stereocenters. The minimum atomic E-state index is 0.229. The predicted octanol–water partition coefficient (Wildman–Crippen LogP) is 0.698. The fourth-order valence-corrected chi connectivity index (χ4v) is 3.95. The Hall–Kier alpha value is -0.650. The van der Waals surface area contributed by atoms with Crippen LogP contribution in [0.3, 0.4) is 0 Å². The van der Waals surface area contributed by atoms with E-state index >= 15 is 0 Å². The molecule has 3 saturated heterocycles. The Bertz CT molecular complexity index is 349. The average molecular weight is 295 g/mol. The first kappa shape index (κ1) is 15.3. The molecule has 1 atom stereocenters. The molecule has 3 aliphatic heterocycles. The molecular weight excluding hydrogens is 266 g/mol. The van der Waals surface area contributed by atoms with Gasteiger partial charge in [0.25, 0.3) is 0 Å². The lowest BCUT2D eigenvalue weighted by atomic mass is 9.93. The van der Waals surface area contributed by atoms with Crippen molar-refractivity contribution in [2.45, 2.75) is 44.2 Å². The molecule has 3 heterocycles. The molecule has 21 heavy (non-hydrogen) atoms. The number of rotatable bonds is 3. The first-order chi connectivity index (χ1) is 10.2. The van der Waals surface area contributed by atoms with Crippen molar-refractivity contribution in [2.75, 3.05) is 46.4 Å². The molecule has 0 aliphatic carbocycles. The number of likely N-dealkylation sites (N-methyl/N-ethyl adjacent to an activating group) is 1. The molecule has 0 saturated carbocycles. The summed E-state index contributed by atoms with van der Waals surface area (Å²) in [5, 5.41) is 3.25. The maximum absolute atomic E-state index is 12.4. The highest BCUT2D eigenvalue weighted by Crippen LogP contribution is 2.23. The molecule has 0 aromatic carbocycles. The van der Waals surface area contributed by atoms with E-state index in [1.54, 1.807) is 0 Å². The number of likely N-dealkylation sites (tertiary alicyclic amines) is 2. The predicted molar refractivity (Wildman–Crippen MR) is 82.2 cm³/mol. The topological polar surface area (TPSA) is 44.8 Å². The standard InChI is InChI=1S/C16H29N3O2/c1-18-7-4-14(12-18)17-16(20)13-2-8-19(9-3-13)15-5-10-21-11-6-15/h13-15H,2-12H2,1H3,(H,17,20). The minimum Gasteiger partial charge on any atom is -0.381 e. The third kappa shape index (κ3) is 3.96. The van der Waals surface area contributed by atoms with Crippen molar-refractivity contribution in [1.29, 1.82) is 0 Å². The van der Waals surface area contributed by atoms with Gasteiger partial charge in [0, 0.05) is 37.8 Å². The van der Waals surface area contributed by atoms with Crippen molar-refractivity contribution >= 4 is 5.91 Å². The van der Waals surface area contributed by atoms with Crippen LogP contribution >= 0.6 is 0 Å². The van der Waals surface area contributed by atoms with Crippen molar-refractivity contribution in [1.82, 2.24) is 15.1 Å². The second-order valence-electron chi connectivity index (χ2n) is 6.91. The molecular formula is C16H29N3O2. The zero-order valence-corrected chi connectivity index (χ0v) is 13.2. The highest BCUT2D eigenvalue weighted by molar-refractivity contribution is 5.79. The second-order valence-corrected chi connectivity index (χ2v) is 6.91. The van der Waals surface area contributed by atoms with Gasteiger partial charge in [-0.15, -0.1) is 0 Å². The smallest absolute Gasteiger partial charge is 0.223 e. The van der Waals surface area contributed by atoms with Crippen LogP contribution in [0, 0.1) is 5.92 Å². The van der Waals surface area contributed by atoms with E-state index in [2.05, 4.69) is 22.2 Å². The van der Waals surface area contributed by atoms with Crippen LogP contribution in [0.15, 0.2) is 0 Å². The van der Waals surface area contributed by atoms with E-state index in [9.17, 15) is 4.79 Å². The van der Waals surface area contributed by atoms with Gasteiger partial charge in [0.1, 0.15) is 0 Å². The summed E-state index contributed by atoms with van der Waals surface area (Å²) in [6, 6.07) is 1.06. The molecule has 0 bridgehead atoms. The monoisotopic (exact) mass is 295 g/mol. The fraction of sp³-hybridized carbons (Fsp3) is 0.938. The van der Waals surface area contributed by atoms with Gasteiger partial charge in [0.15, 0.2) is 0 Å². The van der Waals surface area contributed by atoms with Gasteiger partial charge >= 0.3 is 0 Å². The van der Waals surface area contributed by atoms with Crippen molar-refractivity contribution in [3.8, 4) is 0 Å². The van der Waals surface area contributed by atoms with E-state index in [1.165, 1.54) is 0 Å². The summed E-state index contributed by atoms with van der Waals surface area (Å²) < 4.78 is 5.44. The normalized spacial score (nSPS) is 30.6. The van der Waals surface area contributed by atoms with Crippen LogP contribution < -0.4 is 5.32 Å². The van der Waals surface area contributed by atoms with Crippen LogP contribution in [0.5, 0.6) is 0 Å². The van der Waals surface area contributed by atoms with Crippen LogP contribution in [-0.4, -0.2) is 74.2 Å². The number of hydrogen-bond acceptors (Lipinski definition) is 4. The van der Waals surface area contributed by atoms with Gasteiger partial charge in [0.05, 0.1) is 0 Å². The number of amides is 1. The first-order valence-electron chi connectivity index (χ1n) is 8.53. The van der Waals surface area contributed by atoms with Crippen LogP contribution in [-0.2, 0) is 9.53 Å². The van der Waals surface area contributed by atoms with Gasteiger partial charge in [0.2, 0.25) is 5.91 Å². The van der Waals surface area contributed by atoms with Gasteiger partial charge in [-0.05, 0) is 58.8 Å². The zero-order chi connectivity index (χ0) is 14.7. The Labute approximate surface area is 128 Å². The second kappa shape index (κ2) is 7.07. The van der Waals surface area contributed by atoms with Crippen LogP contribution in [0.2, 0.25) is 0 Å². The van der Waals surface area contributed by atoms with Crippen LogP contribution in [0.4, 0.5) is 0 Å². The summed E-state index contributed by atoms with van der Waals surface area (Å²) >= 11 is 0. The Kier molecular flexibility index (Phi) is 5.14. The molecule has 0 aromatic heterocycles. The molecule has 3 fully saturated rings.